The smallest absolute Gasteiger partial charge is 0.224 e. The first kappa shape index (κ1) is 19.6. The lowest BCUT2D eigenvalue weighted by atomic mass is 10.0. The summed E-state index contributed by atoms with van der Waals surface area (Å²) >= 11 is 1.51. The number of halogens is 1. The van der Waals surface area contributed by atoms with Gasteiger partial charge in [0.1, 0.15) is 11.6 Å². The number of amides is 1. The molecule has 0 radical (unpaired) electrons. The summed E-state index contributed by atoms with van der Waals surface area (Å²) in [6.45, 7) is 6.11. The first-order valence-electron chi connectivity index (χ1n) is 9.14. The molecule has 1 atom stereocenters. The molecule has 0 spiro atoms. The molecule has 27 heavy (non-hydrogen) atoms. The molecular formula is C20H25FN4OS. The van der Waals surface area contributed by atoms with Gasteiger partial charge in [-0.25, -0.2) is 14.4 Å². The molecule has 0 saturated carbocycles. The zero-order chi connectivity index (χ0) is 19.4. The van der Waals surface area contributed by atoms with Crippen LogP contribution in [0.5, 0.6) is 0 Å². The van der Waals surface area contributed by atoms with Crippen LogP contribution in [0.4, 0.5) is 10.2 Å². The van der Waals surface area contributed by atoms with Crippen molar-refractivity contribution in [1.82, 2.24) is 14.9 Å². The molecule has 5 nitrogen and oxygen atoms in total. The van der Waals surface area contributed by atoms with Crippen LogP contribution in [0, 0.1) is 11.7 Å². The van der Waals surface area contributed by atoms with E-state index in [0.29, 0.717) is 19.5 Å². The van der Waals surface area contributed by atoms with Crippen molar-refractivity contribution >= 4 is 23.5 Å². The lowest BCUT2D eigenvalue weighted by Crippen LogP contribution is -2.46. The minimum Gasteiger partial charge on any atom is -0.354 e. The van der Waals surface area contributed by atoms with Crippen molar-refractivity contribution in [3.63, 3.8) is 0 Å². The molecule has 1 aromatic carbocycles. The molecule has 1 amide bonds. The van der Waals surface area contributed by atoms with Crippen LogP contribution in [0.15, 0.2) is 41.7 Å². The van der Waals surface area contributed by atoms with Crippen LogP contribution in [0.25, 0.3) is 0 Å². The van der Waals surface area contributed by atoms with Crippen LogP contribution in [0.3, 0.4) is 0 Å². The van der Waals surface area contributed by atoms with Gasteiger partial charge in [-0.1, -0.05) is 37.7 Å². The van der Waals surface area contributed by atoms with E-state index in [4.69, 9.17) is 0 Å². The highest BCUT2D eigenvalue weighted by molar-refractivity contribution is 7.98. The van der Waals surface area contributed by atoms with E-state index in [1.165, 1.54) is 23.9 Å². The summed E-state index contributed by atoms with van der Waals surface area (Å²) in [6.07, 6.45) is 4.15. The standard InChI is InChI=1S/C20H25FN4OS/c1-14(2)17-13-24(18-8-10-22-20(23-18)27-3)11-9-19(26)25(17)12-15-4-6-16(21)7-5-15/h4-8,10,14,17H,9,11-13H2,1-3H3. The average molecular weight is 389 g/mol. The molecule has 0 N–H and O–H groups in total. The summed E-state index contributed by atoms with van der Waals surface area (Å²) in [5, 5.41) is 0.729. The summed E-state index contributed by atoms with van der Waals surface area (Å²) in [4.78, 5) is 25.8. The van der Waals surface area contributed by atoms with Crippen LogP contribution in [-0.4, -0.2) is 46.2 Å². The zero-order valence-electron chi connectivity index (χ0n) is 15.9. The maximum absolute atomic E-state index is 13.2. The van der Waals surface area contributed by atoms with E-state index >= 15 is 0 Å². The van der Waals surface area contributed by atoms with Gasteiger partial charge < -0.3 is 9.80 Å². The summed E-state index contributed by atoms with van der Waals surface area (Å²) in [5.74, 6) is 1.01. The maximum Gasteiger partial charge on any atom is 0.224 e. The highest BCUT2D eigenvalue weighted by Crippen LogP contribution is 2.24. The van der Waals surface area contributed by atoms with E-state index in [0.717, 1.165) is 23.1 Å². The van der Waals surface area contributed by atoms with Gasteiger partial charge in [0.15, 0.2) is 5.16 Å². The predicted octanol–water partition coefficient (Wildman–Crippen LogP) is 3.60. The molecule has 0 aliphatic carbocycles. The van der Waals surface area contributed by atoms with Crippen LogP contribution in [0.1, 0.15) is 25.8 Å². The first-order chi connectivity index (χ1) is 13.0. The van der Waals surface area contributed by atoms with E-state index in [1.54, 1.807) is 18.3 Å². The third kappa shape index (κ3) is 4.77. The summed E-state index contributed by atoms with van der Waals surface area (Å²) < 4.78 is 13.2. The third-order valence-corrected chi connectivity index (χ3v) is 5.45. The largest absolute Gasteiger partial charge is 0.354 e. The highest BCUT2D eigenvalue weighted by Gasteiger charge is 2.32. The van der Waals surface area contributed by atoms with Gasteiger partial charge in [-0.2, -0.15) is 0 Å². The number of anilines is 1. The Balaban J connectivity index is 1.84. The molecule has 2 heterocycles. The monoisotopic (exact) mass is 388 g/mol. The number of hydrogen-bond acceptors (Lipinski definition) is 5. The Bertz CT molecular complexity index is 784. The third-order valence-electron chi connectivity index (χ3n) is 4.88. The van der Waals surface area contributed by atoms with Crippen LogP contribution < -0.4 is 4.90 Å². The van der Waals surface area contributed by atoms with Crippen LogP contribution in [-0.2, 0) is 11.3 Å². The van der Waals surface area contributed by atoms with E-state index in [2.05, 4.69) is 28.7 Å². The summed E-state index contributed by atoms with van der Waals surface area (Å²) in [7, 11) is 0. The minimum atomic E-state index is -0.263. The van der Waals surface area contributed by atoms with Gasteiger partial charge in [-0.05, 0) is 35.9 Å². The van der Waals surface area contributed by atoms with Gasteiger partial charge in [0.25, 0.3) is 0 Å². The van der Waals surface area contributed by atoms with Crippen molar-refractivity contribution in [1.29, 1.82) is 0 Å². The number of aromatic nitrogens is 2. The Labute approximate surface area is 164 Å². The number of carbonyl (C=O) groups is 1. The Morgan fingerprint density at radius 1 is 1.26 bits per heavy atom. The maximum atomic E-state index is 13.2. The topological polar surface area (TPSA) is 49.3 Å². The molecule has 1 fully saturated rings. The number of carbonyl (C=O) groups excluding carboxylic acids is 1. The van der Waals surface area contributed by atoms with Crippen molar-refractivity contribution in [3.8, 4) is 0 Å². The minimum absolute atomic E-state index is 0.0535. The van der Waals surface area contributed by atoms with Crippen molar-refractivity contribution < 1.29 is 9.18 Å². The molecular weight excluding hydrogens is 363 g/mol. The Morgan fingerprint density at radius 3 is 2.67 bits per heavy atom. The molecule has 1 saturated heterocycles. The summed E-state index contributed by atoms with van der Waals surface area (Å²) in [5.41, 5.74) is 0.940. The van der Waals surface area contributed by atoms with Crippen LogP contribution >= 0.6 is 11.8 Å². The Hall–Kier alpha value is -2.15. The molecule has 144 valence electrons. The van der Waals surface area contributed by atoms with E-state index in [-0.39, 0.29) is 23.7 Å². The lowest BCUT2D eigenvalue weighted by Gasteiger charge is -2.35. The van der Waals surface area contributed by atoms with E-state index < -0.39 is 0 Å². The number of benzene rings is 1. The SMILES string of the molecule is CSc1nccc(N2CCC(=O)N(Cc3ccc(F)cc3)C(C(C)C)C2)n1. The molecule has 1 aliphatic heterocycles. The fraction of sp³-hybridized carbons (Fsp3) is 0.450. The van der Waals surface area contributed by atoms with Gasteiger partial charge in [0, 0.05) is 32.3 Å². The second-order valence-electron chi connectivity index (χ2n) is 7.06. The second kappa shape index (κ2) is 8.69. The average Bonchev–Trinajstić information content (AvgIpc) is 2.83. The second-order valence-corrected chi connectivity index (χ2v) is 7.83. The fourth-order valence-electron chi connectivity index (χ4n) is 3.35. The number of thioether (sulfide) groups is 1. The van der Waals surface area contributed by atoms with Crippen molar-refractivity contribution in [3.05, 3.63) is 47.9 Å². The van der Waals surface area contributed by atoms with E-state index in [1.807, 2.05) is 17.2 Å². The Kier molecular flexibility index (Phi) is 6.31. The molecule has 2 aromatic rings. The first-order valence-corrected chi connectivity index (χ1v) is 10.4. The molecule has 7 heteroatoms. The van der Waals surface area contributed by atoms with Gasteiger partial charge >= 0.3 is 0 Å². The number of rotatable bonds is 5. The van der Waals surface area contributed by atoms with Crippen molar-refractivity contribution in [2.24, 2.45) is 5.92 Å². The number of nitrogens with zero attached hydrogens (tertiary/aromatic N) is 4. The van der Waals surface area contributed by atoms with Crippen LogP contribution in [0.2, 0.25) is 0 Å². The molecule has 1 aromatic heterocycles. The summed E-state index contributed by atoms with van der Waals surface area (Å²) in [6, 6.07) is 8.34. The molecule has 1 unspecified atom stereocenters. The Morgan fingerprint density at radius 2 is 2.00 bits per heavy atom. The molecule has 0 bridgehead atoms. The lowest BCUT2D eigenvalue weighted by molar-refractivity contribution is -0.134. The van der Waals surface area contributed by atoms with Gasteiger partial charge in [0.05, 0.1) is 6.04 Å². The highest BCUT2D eigenvalue weighted by atomic mass is 32.2. The van der Waals surface area contributed by atoms with Crippen molar-refractivity contribution in [2.75, 3.05) is 24.2 Å². The molecule has 1 aliphatic rings. The molecule has 3 rings (SSSR count). The van der Waals surface area contributed by atoms with Gasteiger partial charge in [-0.15, -0.1) is 0 Å². The van der Waals surface area contributed by atoms with Gasteiger partial charge in [0.2, 0.25) is 5.91 Å². The van der Waals surface area contributed by atoms with E-state index in [9.17, 15) is 9.18 Å². The quantitative estimate of drug-likeness (QED) is 0.579. The van der Waals surface area contributed by atoms with Gasteiger partial charge in [-0.3, -0.25) is 4.79 Å². The number of hydrogen-bond donors (Lipinski definition) is 0. The normalized spacial score (nSPS) is 18.1. The fourth-order valence-corrected chi connectivity index (χ4v) is 3.70. The zero-order valence-corrected chi connectivity index (χ0v) is 16.7. The predicted molar refractivity (Wildman–Crippen MR) is 106 cm³/mol. The van der Waals surface area contributed by atoms with Crippen molar-refractivity contribution in [2.45, 2.75) is 38.0 Å².